The number of nitrogens with one attached hydrogen (secondary N) is 1. The first-order valence-corrected chi connectivity index (χ1v) is 14.2. The summed E-state index contributed by atoms with van der Waals surface area (Å²) in [5.74, 6) is 1.21. The van der Waals surface area contributed by atoms with Crippen LogP contribution in [0.4, 0.5) is 5.82 Å². The van der Waals surface area contributed by atoms with E-state index in [-0.39, 0.29) is 29.1 Å². The third kappa shape index (κ3) is 4.08. The number of nitriles is 1. The van der Waals surface area contributed by atoms with Gasteiger partial charge in [0, 0.05) is 46.4 Å². The van der Waals surface area contributed by atoms with Crippen LogP contribution < -0.4 is 11.1 Å². The molecule has 3 heterocycles. The molecule has 206 valence electrons. The smallest absolute Gasteiger partial charge is 0.240 e. The first-order chi connectivity index (χ1) is 19.8. The maximum Gasteiger partial charge on any atom is 0.240 e. The van der Waals surface area contributed by atoms with Crippen LogP contribution in [0.25, 0.3) is 16.8 Å². The van der Waals surface area contributed by atoms with Crippen LogP contribution in [0.3, 0.4) is 0 Å². The van der Waals surface area contributed by atoms with Crippen molar-refractivity contribution in [2.45, 2.75) is 69.2 Å². The van der Waals surface area contributed by atoms with Crippen molar-refractivity contribution in [3.63, 3.8) is 0 Å². The molecule has 2 bridgehead atoms. The third-order valence-corrected chi connectivity index (χ3v) is 9.47. The maximum atomic E-state index is 13.0. The van der Waals surface area contributed by atoms with Gasteiger partial charge in [-0.25, -0.2) is 9.97 Å². The number of ketones is 1. The molecule has 41 heavy (non-hydrogen) atoms. The molecule has 0 saturated heterocycles. The van der Waals surface area contributed by atoms with Gasteiger partial charge in [0.2, 0.25) is 5.91 Å². The molecule has 0 spiro atoms. The molecule has 0 unspecified atom stereocenters. The summed E-state index contributed by atoms with van der Waals surface area (Å²) in [5, 5.41) is 12.8. The normalized spacial score (nSPS) is 23.8. The lowest BCUT2D eigenvalue weighted by Gasteiger charge is -2.29. The van der Waals surface area contributed by atoms with Gasteiger partial charge in [0.15, 0.2) is 5.78 Å². The van der Waals surface area contributed by atoms with E-state index in [2.05, 4.69) is 25.8 Å². The number of anilines is 1. The minimum absolute atomic E-state index is 0.00443. The second-order valence-electron chi connectivity index (χ2n) is 12.2. The molecule has 3 aromatic heterocycles. The molecule has 0 aliphatic heterocycles. The number of hydrogen-bond acceptors (Lipinski definition) is 7. The van der Waals surface area contributed by atoms with Crippen molar-refractivity contribution in [2.75, 3.05) is 5.73 Å². The zero-order chi connectivity index (χ0) is 28.4. The van der Waals surface area contributed by atoms with E-state index in [1.807, 2.05) is 49.5 Å². The number of aromatic nitrogens is 4. The van der Waals surface area contributed by atoms with E-state index in [0.717, 1.165) is 66.0 Å². The van der Waals surface area contributed by atoms with Gasteiger partial charge in [-0.3, -0.25) is 19.0 Å². The summed E-state index contributed by atoms with van der Waals surface area (Å²) in [5.41, 5.74) is 9.85. The standard InChI is InChI=1S/C32H31N7O2/c1-20-6-13-35-23(16-20)17-24(40)21-2-4-22(5-3-21)25-26-27(34)36-14-15-39(26)28(37-25)30-9-11-32(18-30,12-10-30)38-29(41)31(19-33)7-8-31/h2-6,13-16H,7-12,17-18H2,1H3,(H2,34,36)(H,38,41). The molecule has 1 aromatic carbocycles. The SMILES string of the molecule is Cc1ccnc(CC(=O)c2ccc(-c3nc(C45CCC(NC(=O)C6(C#N)CC6)(CC4)C5)n4ccnc(N)c34)cc2)c1. The van der Waals surface area contributed by atoms with Gasteiger partial charge >= 0.3 is 0 Å². The zero-order valence-corrected chi connectivity index (χ0v) is 23.0. The number of nitrogens with two attached hydrogens (primary N) is 1. The first kappa shape index (κ1) is 25.4. The van der Waals surface area contributed by atoms with E-state index in [4.69, 9.17) is 10.7 Å². The second-order valence-corrected chi connectivity index (χ2v) is 12.2. The Bertz CT molecular complexity index is 1750. The Morgan fingerprint density at radius 3 is 2.49 bits per heavy atom. The molecule has 9 heteroatoms. The van der Waals surface area contributed by atoms with E-state index in [1.165, 1.54) is 0 Å². The monoisotopic (exact) mass is 545 g/mol. The summed E-state index contributed by atoms with van der Waals surface area (Å²) in [6.45, 7) is 1.99. The molecule has 3 aliphatic rings. The van der Waals surface area contributed by atoms with Crippen LogP contribution in [0.1, 0.15) is 72.4 Å². The average Bonchev–Trinajstić information content (AvgIpc) is 3.37. The number of benzene rings is 1. The summed E-state index contributed by atoms with van der Waals surface area (Å²) in [6.07, 6.45) is 11.2. The van der Waals surface area contributed by atoms with Gasteiger partial charge in [-0.2, -0.15) is 5.26 Å². The van der Waals surface area contributed by atoms with Crippen molar-refractivity contribution >= 4 is 23.0 Å². The Balaban J connectivity index is 1.19. The minimum Gasteiger partial charge on any atom is -0.382 e. The molecule has 4 aromatic rings. The highest BCUT2D eigenvalue weighted by Gasteiger charge is 2.60. The van der Waals surface area contributed by atoms with E-state index in [1.54, 1.807) is 12.4 Å². The highest BCUT2D eigenvalue weighted by Crippen LogP contribution is 2.58. The molecule has 0 radical (unpaired) electrons. The van der Waals surface area contributed by atoms with Crippen molar-refractivity contribution in [3.05, 3.63) is 77.6 Å². The van der Waals surface area contributed by atoms with E-state index in [9.17, 15) is 14.9 Å². The number of nitrogens with zero attached hydrogens (tertiary/aromatic N) is 5. The number of imidazole rings is 1. The first-order valence-electron chi connectivity index (χ1n) is 14.2. The lowest BCUT2D eigenvalue weighted by Crippen LogP contribution is -2.48. The largest absolute Gasteiger partial charge is 0.382 e. The minimum atomic E-state index is -0.833. The van der Waals surface area contributed by atoms with Gasteiger partial charge < -0.3 is 11.1 Å². The predicted octanol–water partition coefficient (Wildman–Crippen LogP) is 4.48. The van der Waals surface area contributed by atoms with Gasteiger partial charge in [-0.05, 0) is 69.6 Å². The maximum absolute atomic E-state index is 13.0. The summed E-state index contributed by atoms with van der Waals surface area (Å²) >= 11 is 0. The van der Waals surface area contributed by atoms with Crippen LogP contribution in [0, 0.1) is 23.7 Å². The van der Waals surface area contributed by atoms with Crippen LogP contribution >= 0.6 is 0 Å². The highest BCUT2D eigenvalue weighted by molar-refractivity contribution is 5.98. The number of nitrogen functional groups attached to an aromatic ring is 1. The lowest BCUT2D eigenvalue weighted by molar-refractivity contribution is -0.126. The zero-order valence-electron chi connectivity index (χ0n) is 23.0. The number of Topliss-reactive ketones (excluding diaryl/α,β-unsaturated/α-hetero) is 1. The molecule has 3 saturated carbocycles. The molecular formula is C32H31N7O2. The lowest BCUT2D eigenvalue weighted by atomic mass is 9.83. The van der Waals surface area contributed by atoms with Gasteiger partial charge in [-0.15, -0.1) is 0 Å². The Hall–Kier alpha value is -4.58. The van der Waals surface area contributed by atoms with Crippen molar-refractivity contribution in [2.24, 2.45) is 5.41 Å². The van der Waals surface area contributed by atoms with Crippen molar-refractivity contribution < 1.29 is 9.59 Å². The number of amides is 1. The number of carbonyl (C=O) groups excluding carboxylic acids is 2. The molecule has 7 rings (SSSR count). The quantitative estimate of drug-likeness (QED) is 0.326. The number of rotatable bonds is 7. The van der Waals surface area contributed by atoms with Gasteiger partial charge in [-0.1, -0.05) is 24.3 Å². The van der Waals surface area contributed by atoms with Gasteiger partial charge in [0.05, 0.1) is 12.5 Å². The molecule has 3 fully saturated rings. The Morgan fingerprint density at radius 1 is 1.05 bits per heavy atom. The summed E-state index contributed by atoms with van der Waals surface area (Å²) in [7, 11) is 0. The molecular weight excluding hydrogens is 514 g/mol. The Labute approximate surface area is 237 Å². The van der Waals surface area contributed by atoms with Gasteiger partial charge in [0.1, 0.15) is 28.3 Å². The predicted molar refractivity (Wildman–Crippen MR) is 153 cm³/mol. The topological polar surface area (TPSA) is 139 Å². The van der Waals surface area contributed by atoms with Gasteiger partial charge in [0.25, 0.3) is 0 Å². The number of aryl methyl sites for hydroxylation is 1. The van der Waals surface area contributed by atoms with Crippen LogP contribution in [0.15, 0.2) is 55.0 Å². The molecule has 1 amide bonds. The molecule has 3 aliphatic carbocycles. The molecule has 0 atom stereocenters. The Morgan fingerprint density at radius 2 is 1.80 bits per heavy atom. The van der Waals surface area contributed by atoms with E-state index in [0.29, 0.717) is 24.2 Å². The number of hydrogen-bond donors (Lipinski definition) is 2. The number of fused-ring (bicyclic) bond motifs is 3. The summed E-state index contributed by atoms with van der Waals surface area (Å²) in [4.78, 5) is 39.8. The molecule has 3 N–H and O–H groups in total. The second kappa shape index (κ2) is 8.96. The molecule has 9 nitrogen and oxygen atoms in total. The van der Waals surface area contributed by atoms with E-state index >= 15 is 0 Å². The average molecular weight is 546 g/mol. The summed E-state index contributed by atoms with van der Waals surface area (Å²) in [6, 6.07) is 13.6. The van der Waals surface area contributed by atoms with Crippen LogP contribution in [0.5, 0.6) is 0 Å². The third-order valence-electron chi connectivity index (χ3n) is 9.47. The fourth-order valence-electron chi connectivity index (χ4n) is 6.97. The van der Waals surface area contributed by atoms with Crippen LogP contribution in [-0.2, 0) is 16.6 Å². The van der Waals surface area contributed by atoms with Crippen molar-refractivity contribution in [3.8, 4) is 17.3 Å². The van der Waals surface area contributed by atoms with Crippen molar-refractivity contribution in [1.82, 2.24) is 24.7 Å². The fourth-order valence-corrected chi connectivity index (χ4v) is 6.97. The fraction of sp³-hybridized carbons (Fsp3) is 0.375. The highest BCUT2D eigenvalue weighted by atomic mass is 16.2. The number of pyridine rings is 1. The van der Waals surface area contributed by atoms with Crippen LogP contribution in [-0.4, -0.2) is 36.6 Å². The number of carbonyl (C=O) groups is 2. The Kier molecular flexibility index (Phi) is 5.55. The van der Waals surface area contributed by atoms with Crippen LogP contribution in [0.2, 0.25) is 0 Å². The van der Waals surface area contributed by atoms with Crippen molar-refractivity contribution in [1.29, 1.82) is 5.26 Å². The van der Waals surface area contributed by atoms with E-state index < -0.39 is 5.41 Å². The summed E-state index contributed by atoms with van der Waals surface area (Å²) < 4.78 is 2.06.